The molecule has 82 valence electrons. The van der Waals surface area contributed by atoms with Gasteiger partial charge in [-0.15, -0.1) is 0 Å². The van der Waals surface area contributed by atoms with Gasteiger partial charge >= 0.3 is 0 Å². The van der Waals surface area contributed by atoms with E-state index in [0.717, 1.165) is 22.4 Å². The van der Waals surface area contributed by atoms with Crippen LogP contribution in [-0.4, -0.2) is 11.4 Å². The zero-order chi connectivity index (χ0) is 11.2. The number of aryl methyl sites for hydroxylation is 1. The second-order valence-electron chi connectivity index (χ2n) is 4.04. The number of benzene rings is 1. The number of aromatic hydroxyl groups is 1. The molecule has 1 aliphatic rings. The molecule has 3 nitrogen and oxygen atoms in total. The van der Waals surface area contributed by atoms with Crippen molar-refractivity contribution in [3.8, 4) is 11.5 Å². The first-order valence-electron chi connectivity index (χ1n) is 5.16. The Morgan fingerprint density at radius 2 is 1.93 bits per heavy atom. The highest BCUT2D eigenvalue weighted by Gasteiger charge is 2.27. The average molecular weight is 208 g/mol. The predicted octanol–water partition coefficient (Wildman–Crippen LogP) is 2.83. The Labute approximate surface area is 89.6 Å². The van der Waals surface area contributed by atoms with Crippen LogP contribution in [-0.2, 0) is 4.74 Å². The zero-order valence-corrected chi connectivity index (χ0v) is 9.50. The fourth-order valence-corrected chi connectivity index (χ4v) is 2.09. The SMILES string of the molecule is Cc1cc(O)c(C)c2c1O[C@@H](C)O[C@@H]2C. The summed E-state index contributed by atoms with van der Waals surface area (Å²) in [5.74, 6) is 1.16. The third kappa shape index (κ3) is 1.57. The lowest BCUT2D eigenvalue weighted by molar-refractivity contribution is -0.123. The molecule has 0 spiro atoms. The molecular weight excluding hydrogens is 192 g/mol. The molecule has 0 radical (unpaired) electrons. The van der Waals surface area contributed by atoms with Gasteiger partial charge in [-0.2, -0.15) is 0 Å². The molecule has 0 aliphatic carbocycles. The Kier molecular flexibility index (Phi) is 2.35. The number of phenols is 1. The highest BCUT2D eigenvalue weighted by molar-refractivity contribution is 5.53. The van der Waals surface area contributed by atoms with Crippen LogP contribution in [0.25, 0.3) is 0 Å². The monoisotopic (exact) mass is 208 g/mol. The summed E-state index contributed by atoms with van der Waals surface area (Å²) in [4.78, 5) is 0. The van der Waals surface area contributed by atoms with Crippen molar-refractivity contribution in [1.29, 1.82) is 0 Å². The highest BCUT2D eigenvalue weighted by atomic mass is 16.7. The van der Waals surface area contributed by atoms with Gasteiger partial charge in [-0.3, -0.25) is 0 Å². The third-order valence-electron chi connectivity index (χ3n) is 2.83. The van der Waals surface area contributed by atoms with Crippen LogP contribution in [0.4, 0.5) is 0 Å². The normalized spacial score (nSPS) is 24.5. The second kappa shape index (κ2) is 3.42. The lowest BCUT2D eigenvalue weighted by Crippen LogP contribution is -2.25. The molecule has 0 saturated carbocycles. The summed E-state index contributed by atoms with van der Waals surface area (Å²) in [7, 11) is 0. The first kappa shape index (κ1) is 10.3. The van der Waals surface area contributed by atoms with E-state index in [9.17, 15) is 5.11 Å². The van der Waals surface area contributed by atoms with E-state index in [1.165, 1.54) is 0 Å². The summed E-state index contributed by atoms with van der Waals surface area (Å²) in [5.41, 5.74) is 2.76. The molecule has 3 heteroatoms. The maximum absolute atomic E-state index is 9.73. The Bertz CT molecular complexity index is 398. The smallest absolute Gasteiger partial charge is 0.197 e. The molecule has 1 aliphatic heterocycles. The van der Waals surface area contributed by atoms with Crippen LogP contribution in [0.5, 0.6) is 11.5 Å². The minimum atomic E-state index is -0.227. The molecule has 2 atom stereocenters. The standard InChI is InChI=1S/C12H16O3/c1-6-5-10(13)7(2)11-8(3)14-9(4)15-12(6)11/h5,8-9,13H,1-4H3/t8-,9+/m1/s1. The highest BCUT2D eigenvalue weighted by Crippen LogP contribution is 2.42. The van der Waals surface area contributed by atoms with E-state index in [4.69, 9.17) is 9.47 Å². The number of ether oxygens (including phenoxy) is 2. The number of hydrogen-bond acceptors (Lipinski definition) is 3. The summed E-state index contributed by atoms with van der Waals surface area (Å²) >= 11 is 0. The van der Waals surface area contributed by atoms with Gasteiger partial charge in [0.25, 0.3) is 0 Å². The van der Waals surface area contributed by atoms with Gasteiger partial charge < -0.3 is 14.6 Å². The second-order valence-corrected chi connectivity index (χ2v) is 4.04. The molecule has 0 unspecified atom stereocenters. The largest absolute Gasteiger partial charge is 0.508 e. The molecule has 1 aromatic carbocycles. The van der Waals surface area contributed by atoms with Crippen LogP contribution in [0.2, 0.25) is 0 Å². The van der Waals surface area contributed by atoms with E-state index in [0.29, 0.717) is 5.75 Å². The van der Waals surface area contributed by atoms with Gasteiger partial charge in [-0.25, -0.2) is 0 Å². The van der Waals surface area contributed by atoms with Crippen LogP contribution < -0.4 is 4.74 Å². The van der Waals surface area contributed by atoms with Gasteiger partial charge in [0.2, 0.25) is 0 Å². The quantitative estimate of drug-likeness (QED) is 0.712. The van der Waals surface area contributed by atoms with Gasteiger partial charge in [0.1, 0.15) is 11.5 Å². The van der Waals surface area contributed by atoms with Crippen molar-refractivity contribution in [3.63, 3.8) is 0 Å². The van der Waals surface area contributed by atoms with Crippen molar-refractivity contribution in [2.45, 2.75) is 40.1 Å². The summed E-state index contributed by atoms with van der Waals surface area (Å²) < 4.78 is 11.2. The number of fused-ring (bicyclic) bond motifs is 1. The fourth-order valence-electron chi connectivity index (χ4n) is 2.09. The number of rotatable bonds is 0. The minimum absolute atomic E-state index is 0.0328. The Balaban J connectivity index is 2.63. The maximum atomic E-state index is 9.73. The number of phenolic OH excluding ortho intramolecular Hbond substituents is 1. The topological polar surface area (TPSA) is 38.7 Å². The predicted molar refractivity (Wildman–Crippen MR) is 57.2 cm³/mol. The molecule has 1 N–H and O–H groups in total. The van der Waals surface area contributed by atoms with Crippen molar-refractivity contribution in [2.24, 2.45) is 0 Å². The van der Waals surface area contributed by atoms with Gasteiger partial charge in [-0.05, 0) is 39.3 Å². The van der Waals surface area contributed by atoms with E-state index in [1.807, 2.05) is 27.7 Å². The van der Waals surface area contributed by atoms with Crippen molar-refractivity contribution in [1.82, 2.24) is 0 Å². The van der Waals surface area contributed by atoms with Crippen LogP contribution >= 0.6 is 0 Å². The molecule has 1 heterocycles. The number of hydrogen-bond donors (Lipinski definition) is 1. The molecule has 0 bridgehead atoms. The van der Waals surface area contributed by atoms with E-state index in [-0.39, 0.29) is 12.4 Å². The molecule has 0 amide bonds. The maximum Gasteiger partial charge on any atom is 0.197 e. The lowest BCUT2D eigenvalue weighted by Gasteiger charge is -2.31. The van der Waals surface area contributed by atoms with Gasteiger partial charge in [0, 0.05) is 11.1 Å². The van der Waals surface area contributed by atoms with Crippen molar-refractivity contribution >= 4 is 0 Å². The first-order chi connectivity index (χ1) is 7.00. The van der Waals surface area contributed by atoms with E-state index in [1.54, 1.807) is 6.07 Å². The molecule has 2 rings (SSSR count). The van der Waals surface area contributed by atoms with Crippen LogP contribution in [0.15, 0.2) is 6.07 Å². The zero-order valence-electron chi connectivity index (χ0n) is 9.50. The summed E-state index contributed by atoms with van der Waals surface area (Å²) in [5, 5.41) is 9.73. The molecule has 0 aromatic heterocycles. The van der Waals surface area contributed by atoms with Crippen LogP contribution in [0, 0.1) is 13.8 Å². The molecule has 15 heavy (non-hydrogen) atoms. The third-order valence-corrected chi connectivity index (χ3v) is 2.83. The molecule has 0 fully saturated rings. The fraction of sp³-hybridized carbons (Fsp3) is 0.500. The Morgan fingerprint density at radius 1 is 1.27 bits per heavy atom. The Morgan fingerprint density at radius 3 is 2.60 bits per heavy atom. The first-order valence-corrected chi connectivity index (χ1v) is 5.16. The van der Waals surface area contributed by atoms with Crippen LogP contribution in [0.3, 0.4) is 0 Å². The van der Waals surface area contributed by atoms with E-state index >= 15 is 0 Å². The molecular formula is C12H16O3. The molecule has 1 aromatic rings. The van der Waals surface area contributed by atoms with Crippen LogP contribution in [0.1, 0.15) is 36.6 Å². The average Bonchev–Trinajstić information content (AvgIpc) is 2.13. The Hall–Kier alpha value is -1.22. The van der Waals surface area contributed by atoms with E-state index in [2.05, 4.69) is 0 Å². The van der Waals surface area contributed by atoms with Gasteiger partial charge in [0.15, 0.2) is 6.29 Å². The summed E-state index contributed by atoms with van der Waals surface area (Å²) in [6.07, 6.45) is -0.260. The molecule has 0 saturated heterocycles. The minimum Gasteiger partial charge on any atom is -0.508 e. The van der Waals surface area contributed by atoms with Crippen molar-refractivity contribution in [3.05, 3.63) is 22.8 Å². The van der Waals surface area contributed by atoms with Gasteiger partial charge in [-0.1, -0.05) is 0 Å². The summed E-state index contributed by atoms with van der Waals surface area (Å²) in [6.45, 7) is 7.67. The van der Waals surface area contributed by atoms with Crippen molar-refractivity contribution < 1.29 is 14.6 Å². The summed E-state index contributed by atoms with van der Waals surface area (Å²) in [6, 6.07) is 1.74. The van der Waals surface area contributed by atoms with Gasteiger partial charge in [0.05, 0.1) is 6.10 Å². The van der Waals surface area contributed by atoms with E-state index < -0.39 is 0 Å². The lowest BCUT2D eigenvalue weighted by atomic mass is 9.98. The van der Waals surface area contributed by atoms with Crippen molar-refractivity contribution in [2.75, 3.05) is 0 Å².